The Hall–Kier alpha value is -0.680. The molecule has 106 valence electrons. The molecule has 19 heavy (non-hydrogen) atoms. The molecule has 3 nitrogen and oxygen atoms in total. The molecule has 1 N–H and O–H groups in total. The fraction of sp³-hybridized carbons (Fsp3) is 0.714. The van der Waals surface area contributed by atoms with Crippen LogP contribution in [0.4, 0.5) is 0 Å². The van der Waals surface area contributed by atoms with Crippen molar-refractivity contribution in [2.75, 3.05) is 0 Å². The molecule has 0 aromatic carbocycles. The Morgan fingerprint density at radius 2 is 2.00 bits per heavy atom. The van der Waals surface area contributed by atoms with Crippen molar-refractivity contribution in [3.8, 4) is 0 Å². The molecular weight excluding hydrogens is 278 g/mol. The van der Waals surface area contributed by atoms with Crippen molar-refractivity contribution in [1.82, 2.24) is 4.98 Å². The lowest BCUT2D eigenvalue weighted by Gasteiger charge is -2.31. The monoisotopic (exact) mass is 299 g/mol. The van der Waals surface area contributed by atoms with Gasteiger partial charge in [0.25, 0.3) is 0 Å². The van der Waals surface area contributed by atoms with Gasteiger partial charge in [0.1, 0.15) is 6.10 Å². The first-order valence-electron chi connectivity index (χ1n) is 6.82. The quantitative estimate of drug-likeness (QED) is 0.677. The van der Waals surface area contributed by atoms with Crippen LogP contribution < -0.4 is 0 Å². The fourth-order valence-corrected chi connectivity index (χ4v) is 4.21. The number of esters is 1. The summed E-state index contributed by atoms with van der Waals surface area (Å²) in [6, 6.07) is 0. The standard InChI is InChI=1S/C14H21NO2S2/c1-8-4-9(2)6-11(5-8)17-13(16)7-12-10(3)15-14(18)19-12/h8-9,11H,4-7H2,1-3H3,(H,15,18). The zero-order valence-corrected chi connectivity index (χ0v) is 13.3. The van der Waals surface area contributed by atoms with Crippen LogP contribution in [0.2, 0.25) is 0 Å². The fourth-order valence-electron chi connectivity index (χ4n) is 2.93. The first-order chi connectivity index (χ1) is 8.94. The average Bonchev–Trinajstić information content (AvgIpc) is 2.55. The van der Waals surface area contributed by atoms with Gasteiger partial charge in [-0.05, 0) is 50.2 Å². The number of carbonyl (C=O) groups excluding carboxylic acids is 1. The van der Waals surface area contributed by atoms with Crippen LogP contribution >= 0.6 is 23.6 Å². The van der Waals surface area contributed by atoms with E-state index in [0.717, 1.165) is 27.4 Å². The van der Waals surface area contributed by atoms with E-state index in [1.165, 1.54) is 17.8 Å². The predicted octanol–water partition coefficient (Wildman–Crippen LogP) is 4.02. The number of thiazole rings is 1. The Morgan fingerprint density at radius 3 is 2.53 bits per heavy atom. The largest absolute Gasteiger partial charge is 0.462 e. The predicted molar refractivity (Wildman–Crippen MR) is 80.0 cm³/mol. The highest BCUT2D eigenvalue weighted by molar-refractivity contribution is 7.73. The number of nitrogens with one attached hydrogen (secondary N) is 1. The third kappa shape index (κ3) is 4.14. The average molecular weight is 299 g/mol. The van der Waals surface area contributed by atoms with Crippen molar-refractivity contribution in [3.63, 3.8) is 0 Å². The van der Waals surface area contributed by atoms with Gasteiger partial charge in [0.05, 0.1) is 6.42 Å². The Balaban J connectivity index is 1.91. The number of H-pyrrole nitrogens is 1. The van der Waals surface area contributed by atoms with Crippen LogP contribution in [0, 0.1) is 22.7 Å². The van der Waals surface area contributed by atoms with Gasteiger partial charge < -0.3 is 9.72 Å². The number of ether oxygens (including phenoxy) is 1. The second-order valence-corrected chi connectivity index (χ2v) is 7.54. The van der Waals surface area contributed by atoms with Crippen molar-refractivity contribution in [3.05, 3.63) is 14.5 Å². The molecule has 0 aliphatic heterocycles. The molecule has 1 aliphatic rings. The smallest absolute Gasteiger partial charge is 0.311 e. The van der Waals surface area contributed by atoms with Crippen LogP contribution in [0.5, 0.6) is 0 Å². The minimum atomic E-state index is -0.125. The van der Waals surface area contributed by atoms with Crippen LogP contribution in [0.15, 0.2) is 0 Å². The van der Waals surface area contributed by atoms with Gasteiger partial charge in [-0.1, -0.05) is 13.8 Å². The molecule has 1 saturated carbocycles. The van der Waals surface area contributed by atoms with Crippen LogP contribution in [0.1, 0.15) is 43.7 Å². The Labute approximate surface area is 123 Å². The molecule has 0 spiro atoms. The maximum absolute atomic E-state index is 12.0. The SMILES string of the molecule is Cc1[nH]c(=S)sc1CC(=O)OC1CC(C)CC(C)C1. The number of carbonyl (C=O) groups is 1. The van der Waals surface area contributed by atoms with Crippen LogP contribution in [0.25, 0.3) is 0 Å². The van der Waals surface area contributed by atoms with E-state index in [2.05, 4.69) is 18.8 Å². The molecule has 0 bridgehead atoms. The first kappa shape index (κ1) is 14.7. The van der Waals surface area contributed by atoms with E-state index in [-0.39, 0.29) is 12.1 Å². The van der Waals surface area contributed by atoms with Gasteiger partial charge in [0.15, 0.2) is 3.95 Å². The molecule has 1 heterocycles. The maximum Gasteiger partial charge on any atom is 0.311 e. The highest BCUT2D eigenvalue weighted by atomic mass is 32.1. The molecule has 1 aromatic rings. The molecule has 1 aromatic heterocycles. The minimum Gasteiger partial charge on any atom is -0.462 e. The molecule has 2 rings (SSSR count). The second kappa shape index (κ2) is 6.18. The van der Waals surface area contributed by atoms with Crippen LogP contribution in [-0.2, 0) is 16.0 Å². The lowest BCUT2D eigenvalue weighted by atomic mass is 9.82. The molecule has 0 radical (unpaired) electrons. The van der Waals surface area contributed by atoms with Gasteiger partial charge in [-0.3, -0.25) is 4.79 Å². The van der Waals surface area contributed by atoms with E-state index in [4.69, 9.17) is 17.0 Å². The summed E-state index contributed by atoms with van der Waals surface area (Å²) in [6.45, 7) is 6.41. The van der Waals surface area contributed by atoms with E-state index < -0.39 is 0 Å². The number of hydrogen-bond donors (Lipinski definition) is 1. The number of aromatic nitrogens is 1. The number of hydrogen-bond acceptors (Lipinski definition) is 4. The van der Waals surface area contributed by atoms with E-state index in [9.17, 15) is 4.79 Å². The number of aryl methyl sites for hydroxylation is 1. The van der Waals surface area contributed by atoms with E-state index >= 15 is 0 Å². The van der Waals surface area contributed by atoms with Crippen molar-refractivity contribution in [1.29, 1.82) is 0 Å². The molecule has 0 saturated heterocycles. The Bertz CT molecular complexity index is 496. The first-order valence-corrected chi connectivity index (χ1v) is 8.04. The zero-order valence-electron chi connectivity index (χ0n) is 11.7. The van der Waals surface area contributed by atoms with E-state index in [1.54, 1.807) is 0 Å². The third-order valence-corrected chi connectivity index (χ3v) is 5.00. The lowest BCUT2D eigenvalue weighted by molar-refractivity contribution is -0.151. The molecule has 5 heteroatoms. The second-order valence-electron chi connectivity index (χ2n) is 5.77. The van der Waals surface area contributed by atoms with Gasteiger partial charge >= 0.3 is 5.97 Å². The third-order valence-electron chi connectivity index (χ3n) is 3.66. The van der Waals surface area contributed by atoms with E-state index in [0.29, 0.717) is 18.3 Å². The molecule has 1 fully saturated rings. The summed E-state index contributed by atoms with van der Waals surface area (Å²) in [7, 11) is 0. The van der Waals surface area contributed by atoms with Crippen molar-refractivity contribution < 1.29 is 9.53 Å². The summed E-state index contributed by atoms with van der Waals surface area (Å²) in [5, 5.41) is 0. The number of aromatic amines is 1. The summed E-state index contributed by atoms with van der Waals surface area (Å²) in [6.07, 6.45) is 3.67. The highest BCUT2D eigenvalue weighted by Crippen LogP contribution is 2.30. The van der Waals surface area contributed by atoms with Crippen molar-refractivity contribution in [2.45, 2.75) is 52.6 Å². The maximum atomic E-state index is 12.0. The normalized spacial score (nSPS) is 27.2. The Kier molecular flexibility index (Phi) is 4.79. The molecule has 2 atom stereocenters. The van der Waals surface area contributed by atoms with Gasteiger partial charge in [0, 0.05) is 10.6 Å². The topological polar surface area (TPSA) is 42.1 Å². The summed E-state index contributed by atoms with van der Waals surface area (Å²) in [5.74, 6) is 1.18. The van der Waals surface area contributed by atoms with Gasteiger partial charge in [-0.15, -0.1) is 11.3 Å². The molecular formula is C14H21NO2S2. The summed E-state index contributed by atoms with van der Waals surface area (Å²) >= 11 is 6.54. The summed E-state index contributed by atoms with van der Waals surface area (Å²) < 4.78 is 6.34. The summed E-state index contributed by atoms with van der Waals surface area (Å²) in [4.78, 5) is 16.0. The molecule has 1 aliphatic carbocycles. The summed E-state index contributed by atoms with van der Waals surface area (Å²) in [5.41, 5.74) is 0.984. The lowest BCUT2D eigenvalue weighted by Crippen LogP contribution is -2.29. The van der Waals surface area contributed by atoms with E-state index in [1.807, 2.05) is 6.92 Å². The highest BCUT2D eigenvalue weighted by Gasteiger charge is 2.26. The molecule has 2 unspecified atom stereocenters. The van der Waals surface area contributed by atoms with Crippen LogP contribution in [-0.4, -0.2) is 17.1 Å². The van der Waals surface area contributed by atoms with Crippen molar-refractivity contribution >= 4 is 29.5 Å². The zero-order chi connectivity index (χ0) is 14.0. The van der Waals surface area contributed by atoms with Gasteiger partial charge in [-0.2, -0.15) is 0 Å². The van der Waals surface area contributed by atoms with Crippen molar-refractivity contribution in [2.24, 2.45) is 11.8 Å². The Morgan fingerprint density at radius 1 is 1.37 bits per heavy atom. The van der Waals surface area contributed by atoms with Gasteiger partial charge in [-0.25, -0.2) is 0 Å². The van der Waals surface area contributed by atoms with Crippen LogP contribution in [0.3, 0.4) is 0 Å². The molecule has 0 amide bonds. The number of rotatable bonds is 3. The van der Waals surface area contributed by atoms with Gasteiger partial charge in [0.2, 0.25) is 0 Å². The minimum absolute atomic E-state index is 0.0958.